The second kappa shape index (κ2) is 0.369. The van der Waals surface area contributed by atoms with Gasteiger partial charge >= 0.3 is 0 Å². The van der Waals surface area contributed by atoms with Gasteiger partial charge in [0.15, 0.2) is 0 Å². The van der Waals surface area contributed by atoms with Gasteiger partial charge in [-0.15, -0.1) is 0 Å². The number of rotatable bonds is 0. The molecule has 1 saturated carbocycles. The molecule has 0 spiro atoms. The monoisotopic (exact) mass is 53.0 g/mol. The van der Waals surface area contributed by atoms with Crippen LogP contribution >= 0.6 is 0 Å². The molecular formula is C4H5. The molecule has 1 fully saturated rings. The summed E-state index contributed by atoms with van der Waals surface area (Å²) >= 11 is 0. The Labute approximate surface area is 26.1 Å². The van der Waals surface area contributed by atoms with Crippen molar-refractivity contribution in [3.05, 3.63) is 18.6 Å². The predicted octanol–water partition coefficient (Wildman–Crippen LogP) is 1.15. The molecule has 0 aromatic rings. The molecule has 1 radical (unpaired) electrons. The van der Waals surface area contributed by atoms with Gasteiger partial charge < -0.3 is 0 Å². The second-order valence-corrected chi connectivity index (χ2v) is 1.07. The molecule has 0 aromatic heterocycles. The number of allylic oxidation sites excluding steroid dienone is 1. The maximum absolute atomic E-state index is 3.61. The highest BCUT2D eigenvalue weighted by atomic mass is 14.1. The molecule has 0 bridgehead atoms. The topological polar surface area (TPSA) is 0 Å². The van der Waals surface area contributed by atoms with Crippen molar-refractivity contribution >= 4 is 0 Å². The van der Waals surface area contributed by atoms with Crippen molar-refractivity contribution in [2.75, 3.05) is 0 Å². The van der Waals surface area contributed by atoms with Crippen molar-refractivity contribution in [3.63, 3.8) is 0 Å². The Bertz CT molecular complexity index is 38.0. The van der Waals surface area contributed by atoms with Crippen LogP contribution in [0.2, 0.25) is 0 Å². The smallest absolute Gasteiger partial charge is 0.00998 e. The van der Waals surface area contributed by atoms with Crippen LogP contribution in [0, 0.1) is 6.42 Å². The third-order valence-electron chi connectivity index (χ3n) is 0.493. The van der Waals surface area contributed by atoms with Crippen molar-refractivity contribution in [3.8, 4) is 0 Å². The average Bonchev–Trinajstić information content (AvgIpc) is 1.75. The van der Waals surface area contributed by atoms with Crippen LogP contribution in [0.15, 0.2) is 12.2 Å². The Morgan fingerprint density at radius 3 is 2.25 bits per heavy atom. The lowest BCUT2D eigenvalue weighted by Crippen LogP contribution is -1.13. The number of hydrogen-bond donors (Lipinski definition) is 0. The first kappa shape index (κ1) is 2.01. The molecule has 0 heteroatoms. The molecule has 0 atom stereocenters. The van der Waals surface area contributed by atoms with Gasteiger partial charge in [0.1, 0.15) is 0 Å². The average molecular weight is 53.1 g/mol. The molecule has 0 unspecified atom stereocenters. The van der Waals surface area contributed by atoms with Crippen LogP contribution < -0.4 is 0 Å². The van der Waals surface area contributed by atoms with Gasteiger partial charge in [0.2, 0.25) is 0 Å². The summed E-state index contributed by atoms with van der Waals surface area (Å²) in [5, 5.41) is 0. The first-order chi connectivity index (χ1) is 1.89. The lowest BCUT2D eigenvalue weighted by molar-refractivity contribution is 1.71. The van der Waals surface area contributed by atoms with Crippen molar-refractivity contribution in [2.24, 2.45) is 0 Å². The summed E-state index contributed by atoms with van der Waals surface area (Å²) in [5.74, 6) is 0. The van der Waals surface area contributed by atoms with Crippen LogP contribution in [0.1, 0.15) is 6.42 Å². The van der Waals surface area contributed by atoms with E-state index in [1.165, 1.54) is 12.0 Å². The molecule has 0 saturated heterocycles. The largest absolute Gasteiger partial charge is 0.0995 e. The zero-order valence-corrected chi connectivity index (χ0v) is 2.49. The fraction of sp³-hybridized carbons (Fsp3) is 0.250. The fourth-order valence-electron chi connectivity index (χ4n) is 0.0722. The Kier molecular flexibility index (Phi) is 0.185. The quantitative estimate of drug-likeness (QED) is 0.388. The highest BCUT2D eigenvalue weighted by Gasteiger charge is 2.04. The lowest BCUT2D eigenvalue weighted by atomic mass is 10.7. The normalized spacial score (nSPS) is 21.5. The zero-order chi connectivity index (χ0) is 2.99. The van der Waals surface area contributed by atoms with Crippen LogP contribution in [0.3, 0.4) is 0 Å². The molecule has 0 aliphatic heterocycles. The van der Waals surface area contributed by atoms with Crippen LogP contribution in [0.25, 0.3) is 0 Å². The summed E-state index contributed by atoms with van der Waals surface area (Å²) in [6, 6.07) is 0. The van der Waals surface area contributed by atoms with Gasteiger partial charge in [-0.25, -0.2) is 0 Å². The van der Waals surface area contributed by atoms with E-state index in [1.807, 2.05) is 0 Å². The van der Waals surface area contributed by atoms with Gasteiger partial charge in [-0.2, -0.15) is 0 Å². The second-order valence-electron chi connectivity index (χ2n) is 1.07. The summed E-state index contributed by atoms with van der Waals surface area (Å²) in [5.41, 5.74) is 1.29. The molecular weight excluding hydrogens is 48.0 g/mol. The maximum atomic E-state index is 3.61. The van der Waals surface area contributed by atoms with Gasteiger partial charge in [-0.3, -0.25) is 0 Å². The molecule has 0 nitrogen and oxygen atoms in total. The summed E-state index contributed by atoms with van der Waals surface area (Å²) in [6.45, 7) is 3.61. The van der Waals surface area contributed by atoms with Crippen LogP contribution in [-0.2, 0) is 0 Å². The summed E-state index contributed by atoms with van der Waals surface area (Å²) < 4.78 is 0. The molecule has 0 heterocycles. The van der Waals surface area contributed by atoms with Crippen LogP contribution in [0.4, 0.5) is 0 Å². The van der Waals surface area contributed by atoms with E-state index >= 15 is 0 Å². The first-order valence-corrected chi connectivity index (χ1v) is 1.40. The van der Waals surface area contributed by atoms with E-state index in [2.05, 4.69) is 13.0 Å². The third kappa shape index (κ3) is 0.127. The third-order valence-corrected chi connectivity index (χ3v) is 0.493. The fourth-order valence-corrected chi connectivity index (χ4v) is 0.0722. The number of hydrogen-bond acceptors (Lipinski definition) is 0. The Morgan fingerprint density at radius 2 is 2.25 bits per heavy atom. The van der Waals surface area contributed by atoms with E-state index < -0.39 is 0 Å². The van der Waals surface area contributed by atoms with E-state index in [4.69, 9.17) is 0 Å². The van der Waals surface area contributed by atoms with Gasteiger partial charge in [0.25, 0.3) is 0 Å². The van der Waals surface area contributed by atoms with E-state index in [9.17, 15) is 0 Å². The highest BCUT2D eigenvalue weighted by molar-refractivity contribution is 5.27. The minimum absolute atomic E-state index is 1.17. The van der Waals surface area contributed by atoms with Crippen molar-refractivity contribution < 1.29 is 0 Å². The Hall–Kier alpha value is -0.260. The maximum Gasteiger partial charge on any atom is -0.00998 e. The summed E-state index contributed by atoms with van der Waals surface area (Å²) in [6.07, 6.45) is 3.26. The first-order valence-electron chi connectivity index (χ1n) is 1.40. The van der Waals surface area contributed by atoms with Gasteiger partial charge in [0.05, 0.1) is 0 Å². The molecule has 1 aliphatic carbocycles. The molecule has 0 N–H and O–H groups in total. The molecule has 21 valence electrons. The SMILES string of the molecule is C=C1[CH]C1. The molecule has 0 aromatic carbocycles. The van der Waals surface area contributed by atoms with Gasteiger partial charge in [0, 0.05) is 0 Å². The Morgan fingerprint density at radius 1 is 2.00 bits per heavy atom. The summed E-state index contributed by atoms with van der Waals surface area (Å²) in [4.78, 5) is 0. The van der Waals surface area contributed by atoms with E-state index in [1.54, 1.807) is 0 Å². The molecule has 0 amide bonds. The standard InChI is InChI=1S/C4H5/c1-4-2-3-4/h2H,1,3H2. The minimum Gasteiger partial charge on any atom is -0.0995 e. The van der Waals surface area contributed by atoms with Crippen LogP contribution in [-0.4, -0.2) is 0 Å². The van der Waals surface area contributed by atoms with Crippen molar-refractivity contribution in [2.45, 2.75) is 6.42 Å². The highest BCUT2D eigenvalue weighted by Crippen LogP contribution is 2.21. The minimum atomic E-state index is 1.17. The van der Waals surface area contributed by atoms with Gasteiger partial charge in [-0.05, 0) is 12.8 Å². The Balaban J connectivity index is 2.60. The van der Waals surface area contributed by atoms with Crippen LogP contribution in [0.5, 0.6) is 0 Å². The van der Waals surface area contributed by atoms with E-state index in [0.717, 1.165) is 0 Å². The van der Waals surface area contributed by atoms with E-state index in [0.29, 0.717) is 0 Å². The summed E-state index contributed by atoms with van der Waals surface area (Å²) in [7, 11) is 0. The van der Waals surface area contributed by atoms with E-state index in [-0.39, 0.29) is 0 Å². The predicted molar refractivity (Wildman–Crippen MR) is 18.1 cm³/mol. The van der Waals surface area contributed by atoms with Crippen molar-refractivity contribution in [1.29, 1.82) is 0 Å². The molecule has 1 aliphatic rings. The molecule has 4 heavy (non-hydrogen) atoms. The zero-order valence-electron chi connectivity index (χ0n) is 2.49. The lowest BCUT2D eigenvalue weighted by Gasteiger charge is -1.34. The molecule has 1 rings (SSSR count). The van der Waals surface area contributed by atoms with Gasteiger partial charge in [-0.1, -0.05) is 12.2 Å². The van der Waals surface area contributed by atoms with Crippen molar-refractivity contribution in [1.82, 2.24) is 0 Å².